The second-order valence-electron chi connectivity index (χ2n) is 8.12. The van der Waals surface area contributed by atoms with Gasteiger partial charge in [0.05, 0.1) is 12.6 Å². The minimum atomic E-state index is -1.11. The molecular weight excluding hydrogens is 430 g/mol. The van der Waals surface area contributed by atoms with Crippen LogP contribution in [0.1, 0.15) is 40.2 Å². The number of halogens is 1. The molecule has 2 atom stereocenters. The molecule has 0 spiro atoms. The predicted octanol–water partition coefficient (Wildman–Crippen LogP) is 3.38. The number of ether oxygens (including phenoxy) is 3. The van der Waals surface area contributed by atoms with Crippen LogP contribution in [0.5, 0.6) is 0 Å². The lowest BCUT2D eigenvalue weighted by atomic mass is 9.93. The van der Waals surface area contributed by atoms with Gasteiger partial charge in [0.25, 0.3) is 0 Å². The van der Waals surface area contributed by atoms with E-state index in [1.54, 1.807) is 34.6 Å². The van der Waals surface area contributed by atoms with Crippen LogP contribution < -0.4 is 5.32 Å². The molecule has 0 bridgehead atoms. The van der Waals surface area contributed by atoms with Gasteiger partial charge in [0, 0.05) is 18.3 Å². The molecule has 1 amide bonds. The van der Waals surface area contributed by atoms with Crippen LogP contribution in [0.3, 0.4) is 0 Å². The first-order chi connectivity index (χ1) is 12.9. The summed E-state index contributed by atoms with van der Waals surface area (Å²) in [6.45, 7) is 8.29. The van der Waals surface area contributed by atoms with E-state index >= 15 is 0 Å². The van der Waals surface area contributed by atoms with E-state index in [0.29, 0.717) is 0 Å². The van der Waals surface area contributed by atoms with Gasteiger partial charge in [-0.2, -0.15) is 0 Å². The van der Waals surface area contributed by atoms with Crippen LogP contribution in [0.15, 0.2) is 28.7 Å². The Hall–Kier alpha value is -1.93. The summed E-state index contributed by atoms with van der Waals surface area (Å²) < 4.78 is 16.8. The number of nitrogens with one attached hydrogen (secondary N) is 1. The molecule has 1 saturated heterocycles. The van der Waals surface area contributed by atoms with Gasteiger partial charge in [0.15, 0.2) is 5.78 Å². The highest BCUT2D eigenvalue weighted by molar-refractivity contribution is 9.10. The Morgan fingerprint density at radius 3 is 2.43 bits per heavy atom. The molecule has 1 aliphatic rings. The number of rotatable bonds is 5. The zero-order valence-corrected chi connectivity index (χ0v) is 18.3. The zero-order chi connectivity index (χ0) is 21.1. The second kappa shape index (κ2) is 8.61. The first kappa shape index (κ1) is 22.4. The van der Waals surface area contributed by atoms with Gasteiger partial charge in [-0.05, 0) is 44.9 Å². The third-order valence-corrected chi connectivity index (χ3v) is 4.49. The molecule has 1 aromatic rings. The largest absolute Gasteiger partial charge is 0.444 e. The van der Waals surface area contributed by atoms with Gasteiger partial charge >= 0.3 is 12.1 Å². The molecule has 0 saturated carbocycles. The molecule has 1 N–H and O–H groups in total. The lowest BCUT2D eigenvalue weighted by Crippen LogP contribution is -2.53. The number of benzene rings is 1. The quantitative estimate of drug-likeness (QED) is 0.540. The fraction of sp³-hybridized carbons (Fsp3) is 0.550. The number of cyclic esters (lactones) is 1. The number of hydrogen-bond acceptors (Lipinski definition) is 6. The van der Waals surface area contributed by atoms with E-state index in [4.69, 9.17) is 14.2 Å². The maximum Gasteiger partial charge on any atom is 0.408 e. The SMILES string of the molecule is CC(C)(C)OC(=O)N[C@H](Cc1ccc(Br)cc1)C(=O)C1COC(C)(C)OC1=O. The van der Waals surface area contributed by atoms with Gasteiger partial charge in [0.1, 0.15) is 11.5 Å². The summed E-state index contributed by atoms with van der Waals surface area (Å²) in [5, 5.41) is 2.59. The molecule has 2 rings (SSSR count). The molecule has 1 heterocycles. The Morgan fingerprint density at radius 2 is 1.89 bits per heavy atom. The maximum absolute atomic E-state index is 13.0. The van der Waals surface area contributed by atoms with Gasteiger partial charge in [-0.3, -0.25) is 9.59 Å². The van der Waals surface area contributed by atoms with E-state index < -0.39 is 41.2 Å². The minimum absolute atomic E-state index is 0.0997. The number of Topliss-reactive ketones (excluding diaryl/α,β-unsaturated/α-hetero) is 1. The topological polar surface area (TPSA) is 90.9 Å². The van der Waals surface area contributed by atoms with E-state index in [1.165, 1.54) is 0 Å². The van der Waals surface area contributed by atoms with Crippen LogP contribution >= 0.6 is 15.9 Å². The van der Waals surface area contributed by atoms with Crippen molar-refractivity contribution in [2.24, 2.45) is 5.92 Å². The Balaban J connectivity index is 2.18. The molecule has 7 nitrogen and oxygen atoms in total. The van der Waals surface area contributed by atoms with Crippen LogP contribution in [0.4, 0.5) is 4.79 Å². The van der Waals surface area contributed by atoms with E-state index in [9.17, 15) is 14.4 Å². The number of ketones is 1. The van der Waals surface area contributed by atoms with Crippen molar-refractivity contribution in [2.45, 2.75) is 58.5 Å². The number of amides is 1. The van der Waals surface area contributed by atoms with Crippen molar-refractivity contribution in [3.63, 3.8) is 0 Å². The Kier molecular flexibility index (Phi) is 6.88. The Morgan fingerprint density at radius 1 is 1.29 bits per heavy atom. The molecule has 154 valence electrons. The van der Waals surface area contributed by atoms with E-state index in [0.717, 1.165) is 10.0 Å². The smallest absolute Gasteiger partial charge is 0.408 e. The summed E-state index contributed by atoms with van der Waals surface area (Å²) in [6, 6.07) is 6.38. The summed E-state index contributed by atoms with van der Waals surface area (Å²) in [4.78, 5) is 37.6. The maximum atomic E-state index is 13.0. The molecule has 28 heavy (non-hydrogen) atoms. The molecule has 1 aliphatic heterocycles. The average molecular weight is 456 g/mol. The molecule has 1 fully saturated rings. The lowest BCUT2D eigenvalue weighted by Gasteiger charge is -2.34. The van der Waals surface area contributed by atoms with Gasteiger partial charge in [-0.15, -0.1) is 0 Å². The number of carbonyl (C=O) groups excluding carboxylic acids is 3. The van der Waals surface area contributed by atoms with Crippen molar-refractivity contribution in [3.05, 3.63) is 34.3 Å². The summed E-state index contributed by atoms with van der Waals surface area (Å²) in [7, 11) is 0. The van der Waals surface area contributed by atoms with Crippen molar-refractivity contribution >= 4 is 33.8 Å². The van der Waals surface area contributed by atoms with Crippen LogP contribution in [-0.2, 0) is 30.2 Å². The molecule has 0 aromatic heterocycles. The standard InChI is InChI=1S/C20H26BrNO6/c1-19(2,3)28-18(25)22-15(10-12-6-8-13(21)9-7-12)16(23)14-11-26-20(4,5)27-17(14)24/h6-9,14-15H,10-11H2,1-5H3,(H,22,25)/t14?,15-/m1/s1. The highest BCUT2D eigenvalue weighted by atomic mass is 79.9. The van der Waals surface area contributed by atoms with Crippen LogP contribution in [0.25, 0.3) is 0 Å². The fourth-order valence-electron chi connectivity index (χ4n) is 2.66. The molecule has 8 heteroatoms. The fourth-order valence-corrected chi connectivity index (χ4v) is 2.93. The second-order valence-corrected chi connectivity index (χ2v) is 9.03. The first-order valence-corrected chi connectivity index (χ1v) is 9.80. The van der Waals surface area contributed by atoms with Crippen LogP contribution in [-0.4, -0.2) is 41.9 Å². The number of carbonyl (C=O) groups is 3. The van der Waals surface area contributed by atoms with E-state index in [2.05, 4.69) is 21.2 Å². The molecule has 1 unspecified atom stereocenters. The van der Waals surface area contributed by atoms with Crippen molar-refractivity contribution < 1.29 is 28.6 Å². The van der Waals surface area contributed by atoms with Crippen LogP contribution in [0, 0.1) is 5.92 Å². The summed E-state index contributed by atoms with van der Waals surface area (Å²) in [5.74, 6) is -3.32. The highest BCUT2D eigenvalue weighted by Crippen LogP contribution is 2.24. The summed E-state index contributed by atoms with van der Waals surface area (Å²) in [5.41, 5.74) is 0.106. The van der Waals surface area contributed by atoms with Crippen molar-refractivity contribution in [1.29, 1.82) is 0 Å². The molecule has 1 aromatic carbocycles. The first-order valence-electron chi connectivity index (χ1n) is 9.01. The monoisotopic (exact) mass is 455 g/mol. The molecule has 0 radical (unpaired) electrons. The Labute approximate surface area is 173 Å². The number of alkyl carbamates (subject to hydrolysis) is 1. The highest BCUT2D eigenvalue weighted by Gasteiger charge is 2.42. The summed E-state index contributed by atoms with van der Waals surface area (Å²) >= 11 is 3.36. The third kappa shape index (κ3) is 6.60. The van der Waals surface area contributed by atoms with Gasteiger partial charge < -0.3 is 19.5 Å². The molecule has 0 aliphatic carbocycles. The number of hydrogen-bond donors (Lipinski definition) is 1. The normalized spacial score (nSPS) is 20.1. The van der Waals surface area contributed by atoms with Crippen molar-refractivity contribution in [1.82, 2.24) is 5.32 Å². The number of esters is 1. The van der Waals surface area contributed by atoms with Crippen molar-refractivity contribution in [2.75, 3.05) is 6.61 Å². The average Bonchev–Trinajstić information content (AvgIpc) is 2.53. The zero-order valence-electron chi connectivity index (χ0n) is 16.7. The predicted molar refractivity (Wildman–Crippen MR) is 106 cm³/mol. The van der Waals surface area contributed by atoms with Gasteiger partial charge in [0.2, 0.25) is 5.79 Å². The van der Waals surface area contributed by atoms with Crippen molar-refractivity contribution in [3.8, 4) is 0 Å². The Bertz CT molecular complexity index is 738. The van der Waals surface area contributed by atoms with Gasteiger partial charge in [-0.25, -0.2) is 4.79 Å². The van der Waals surface area contributed by atoms with Gasteiger partial charge in [-0.1, -0.05) is 28.1 Å². The summed E-state index contributed by atoms with van der Waals surface area (Å²) in [6.07, 6.45) is -0.521. The lowest BCUT2D eigenvalue weighted by molar-refractivity contribution is -0.246. The van der Waals surface area contributed by atoms with E-state index in [1.807, 2.05) is 24.3 Å². The third-order valence-electron chi connectivity index (χ3n) is 3.96. The minimum Gasteiger partial charge on any atom is -0.444 e. The van der Waals surface area contributed by atoms with Crippen LogP contribution in [0.2, 0.25) is 0 Å². The van der Waals surface area contributed by atoms with E-state index in [-0.39, 0.29) is 13.0 Å². The molecular formula is C20H26BrNO6.